The van der Waals surface area contributed by atoms with E-state index in [4.69, 9.17) is 5.11 Å². The molecule has 100 valence electrons. The Morgan fingerprint density at radius 1 is 1.39 bits per heavy atom. The van der Waals surface area contributed by atoms with Gasteiger partial charge in [0.25, 0.3) is 0 Å². The Kier molecular flexibility index (Phi) is 5.28. The molecule has 2 N–H and O–H groups in total. The van der Waals surface area contributed by atoms with Crippen LogP contribution in [0.2, 0.25) is 0 Å². The van der Waals surface area contributed by atoms with E-state index in [0.29, 0.717) is 4.47 Å². The Morgan fingerprint density at radius 3 is 2.44 bits per heavy atom. The van der Waals surface area contributed by atoms with Crippen molar-refractivity contribution in [2.24, 2.45) is 5.92 Å². The molecule has 0 radical (unpaired) electrons. The summed E-state index contributed by atoms with van der Waals surface area (Å²) in [6, 6.07) is 3.58. The molecule has 2 unspecified atom stereocenters. The maximum Gasteiger partial charge on any atom is 0.320 e. The Hall–Kier alpha value is -0.940. The molecule has 5 heteroatoms. The second-order valence-electron chi connectivity index (χ2n) is 4.61. The minimum absolute atomic E-state index is 0.0239. The SMILES string of the molecule is CC(NC(C(=O)O)C(C)C)c1ccc(F)cc1Br. The van der Waals surface area contributed by atoms with Crippen LogP contribution in [-0.4, -0.2) is 17.1 Å². The predicted octanol–water partition coefficient (Wildman–Crippen LogP) is 3.35. The van der Waals surface area contributed by atoms with Crippen molar-refractivity contribution in [1.29, 1.82) is 0 Å². The molecule has 1 rings (SSSR count). The molecule has 0 aliphatic rings. The average Bonchev–Trinajstić information content (AvgIpc) is 2.24. The molecule has 3 nitrogen and oxygen atoms in total. The summed E-state index contributed by atoms with van der Waals surface area (Å²) in [5.41, 5.74) is 0.836. The Balaban J connectivity index is 2.87. The van der Waals surface area contributed by atoms with Crippen molar-refractivity contribution in [3.63, 3.8) is 0 Å². The second-order valence-corrected chi connectivity index (χ2v) is 5.47. The maximum absolute atomic E-state index is 13.0. The van der Waals surface area contributed by atoms with E-state index in [1.165, 1.54) is 12.1 Å². The highest BCUT2D eigenvalue weighted by atomic mass is 79.9. The number of hydrogen-bond acceptors (Lipinski definition) is 2. The zero-order valence-electron chi connectivity index (χ0n) is 10.6. The number of rotatable bonds is 5. The number of carboxylic acids is 1. The standard InChI is InChI=1S/C13H17BrFNO2/c1-7(2)12(13(17)18)16-8(3)10-5-4-9(15)6-11(10)14/h4-8,12,16H,1-3H3,(H,17,18). The summed E-state index contributed by atoms with van der Waals surface area (Å²) in [5.74, 6) is -1.23. The topological polar surface area (TPSA) is 49.3 Å². The third-order valence-electron chi connectivity index (χ3n) is 2.79. The van der Waals surface area contributed by atoms with E-state index >= 15 is 0 Å². The summed E-state index contributed by atoms with van der Waals surface area (Å²) in [6.45, 7) is 5.55. The van der Waals surface area contributed by atoms with Crippen LogP contribution >= 0.6 is 15.9 Å². The molecular weight excluding hydrogens is 301 g/mol. The Bertz CT molecular complexity index is 437. The van der Waals surface area contributed by atoms with Crippen LogP contribution in [0.5, 0.6) is 0 Å². The number of hydrogen-bond donors (Lipinski definition) is 2. The molecule has 2 atom stereocenters. The van der Waals surface area contributed by atoms with Gasteiger partial charge in [-0.1, -0.05) is 35.8 Å². The molecule has 0 saturated carbocycles. The van der Waals surface area contributed by atoms with Gasteiger partial charge >= 0.3 is 5.97 Å². The van der Waals surface area contributed by atoms with Gasteiger partial charge in [-0.25, -0.2) is 4.39 Å². The van der Waals surface area contributed by atoms with Crippen molar-refractivity contribution in [2.45, 2.75) is 32.9 Å². The monoisotopic (exact) mass is 317 g/mol. The summed E-state index contributed by atoms with van der Waals surface area (Å²) < 4.78 is 13.6. The van der Waals surface area contributed by atoms with Gasteiger partial charge in [0.05, 0.1) is 0 Å². The lowest BCUT2D eigenvalue weighted by molar-refractivity contribution is -0.140. The van der Waals surface area contributed by atoms with Crippen LogP contribution in [0, 0.1) is 11.7 Å². The van der Waals surface area contributed by atoms with E-state index in [2.05, 4.69) is 21.2 Å². The first kappa shape index (κ1) is 15.1. The third kappa shape index (κ3) is 3.78. The lowest BCUT2D eigenvalue weighted by Crippen LogP contribution is -2.42. The summed E-state index contributed by atoms with van der Waals surface area (Å²) in [6.07, 6.45) is 0. The first-order valence-corrected chi connectivity index (χ1v) is 6.56. The first-order chi connectivity index (χ1) is 8.32. The van der Waals surface area contributed by atoms with Crippen molar-refractivity contribution in [2.75, 3.05) is 0 Å². The van der Waals surface area contributed by atoms with Gasteiger partial charge in [0.2, 0.25) is 0 Å². The highest BCUT2D eigenvalue weighted by Crippen LogP contribution is 2.25. The number of nitrogens with one attached hydrogen (secondary N) is 1. The second kappa shape index (κ2) is 6.29. The molecule has 1 aromatic carbocycles. The number of benzene rings is 1. The van der Waals surface area contributed by atoms with Gasteiger partial charge in [-0.05, 0) is 30.5 Å². The van der Waals surface area contributed by atoms with Crippen molar-refractivity contribution >= 4 is 21.9 Å². The molecule has 0 saturated heterocycles. The summed E-state index contributed by atoms with van der Waals surface area (Å²) in [5, 5.41) is 12.2. The molecule has 0 spiro atoms. The van der Waals surface area contributed by atoms with Crippen molar-refractivity contribution in [3.8, 4) is 0 Å². The van der Waals surface area contributed by atoms with E-state index in [1.807, 2.05) is 20.8 Å². The van der Waals surface area contributed by atoms with Crippen LogP contribution in [0.1, 0.15) is 32.4 Å². The van der Waals surface area contributed by atoms with Crippen molar-refractivity contribution in [1.82, 2.24) is 5.32 Å². The molecule has 0 aliphatic carbocycles. The van der Waals surface area contributed by atoms with Crippen molar-refractivity contribution in [3.05, 3.63) is 34.1 Å². The Labute approximate surface area is 115 Å². The smallest absolute Gasteiger partial charge is 0.320 e. The minimum Gasteiger partial charge on any atom is -0.480 e. The average molecular weight is 318 g/mol. The zero-order chi connectivity index (χ0) is 13.9. The maximum atomic E-state index is 13.0. The van der Waals surface area contributed by atoms with Gasteiger partial charge in [0.1, 0.15) is 11.9 Å². The number of aliphatic carboxylic acids is 1. The van der Waals surface area contributed by atoms with E-state index in [0.717, 1.165) is 5.56 Å². The fraction of sp³-hybridized carbons (Fsp3) is 0.462. The van der Waals surface area contributed by atoms with Crippen LogP contribution in [-0.2, 0) is 4.79 Å². The molecule has 18 heavy (non-hydrogen) atoms. The van der Waals surface area contributed by atoms with Crippen LogP contribution in [0.3, 0.4) is 0 Å². The highest BCUT2D eigenvalue weighted by Gasteiger charge is 2.24. The van der Waals surface area contributed by atoms with Gasteiger partial charge in [-0.2, -0.15) is 0 Å². The number of carboxylic acid groups (broad SMARTS) is 1. The van der Waals surface area contributed by atoms with Crippen LogP contribution in [0.25, 0.3) is 0 Å². The summed E-state index contributed by atoms with van der Waals surface area (Å²) >= 11 is 3.28. The van der Waals surface area contributed by atoms with Crippen LogP contribution < -0.4 is 5.32 Å². The lowest BCUT2D eigenvalue weighted by Gasteiger charge is -2.24. The summed E-state index contributed by atoms with van der Waals surface area (Å²) in [4.78, 5) is 11.1. The molecule has 0 aromatic heterocycles. The molecule has 1 aromatic rings. The van der Waals surface area contributed by atoms with Crippen LogP contribution in [0.4, 0.5) is 4.39 Å². The molecule has 0 fully saturated rings. The molecule has 0 bridgehead atoms. The van der Waals surface area contributed by atoms with Gasteiger partial charge in [-0.3, -0.25) is 10.1 Å². The molecule has 0 amide bonds. The van der Waals surface area contributed by atoms with Gasteiger partial charge < -0.3 is 5.11 Å². The number of carbonyl (C=O) groups is 1. The van der Waals surface area contributed by atoms with Crippen molar-refractivity contribution < 1.29 is 14.3 Å². The van der Waals surface area contributed by atoms with Crippen LogP contribution in [0.15, 0.2) is 22.7 Å². The normalized spacial score (nSPS) is 14.6. The fourth-order valence-electron chi connectivity index (χ4n) is 1.76. The third-order valence-corrected chi connectivity index (χ3v) is 3.48. The Morgan fingerprint density at radius 2 is 2.00 bits per heavy atom. The minimum atomic E-state index is -0.880. The molecule has 0 aliphatic heterocycles. The van der Waals surface area contributed by atoms with E-state index in [-0.39, 0.29) is 17.8 Å². The fourth-order valence-corrected chi connectivity index (χ4v) is 2.45. The quantitative estimate of drug-likeness (QED) is 0.875. The first-order valence-electron chi connectivity index (χ1n) is 5.76. The summed E-state index contributed by atoms with van der Waals surface area (Å²) in [7, 11) is 0. The largest absolute Gasteiger partial charge is 0.480 e. The van der Waals surface area contributed by atoms with Gasteiger partial charge in [-0.15, -0.1) is 0 Å². The van der Waals surface area contributed by atoms with E-state index < -0.39 is 12.0 Å². The predicted molar refractivity (Wildman–Crippen MR) is 71.9 cm³/mol. The van der Waals surface area contributed by atoms with Gasteiger partial charge in [0, 0.05) is 10.5 Å². The van der Waals surface area contributed by atoms with E-state index in [1.54, 1.807) is 6.07 Å². The lowest BCUT2D eigenvalue weighted by atomic mass is 10.0. The molecule has 0 heterocycles. The zero-order valence-corrected chi connectivity index (χ0v) is 12.2. The highest BCUT2D eigenvalue weighted by molar-refractivity contribution is 9.10. The number of halogens is 2. The van der Waals surface area contributed by atoms with Gasteiger partial charge in [0.15, 0.2) is 0 Å². The van der Waals surface area contributed by atoms with E-state index in [9.17, 15) is 9.18 Å². The molecular formula is C13H17BrFNO2.